The van der Waals surface area contributed by atoms with Crippen LogP contribution in [-0.2, 0) is 17.5 Å². The normalized spacial score (nSPS) is 11.6. The molecule has 0 amide bonds. The van der Waals surface area contributed by atoms with Crippen LogP contribution in [0.15, 0.2) is 40.8 Å². The quantitative estimate of drug-likeness (QED) is 0.890. The topological polar surface area (TPSA) is 62.5 Å². The van der Waals surface area contributed by atoms with Crippen molar-refractivity contribution >= 4 is 5.97 Å². The molecule has 2 N–H and O–H groups in total. The molecule has 0 spiro atoms. The van der Waals surface area contributed by atoms with Crippen molar-refractivity contribution in [2.75, 3.05) is 6.54 Å². The van der Waals surface area contributed by atoms with E-state index >= 15 is 0 Å². The summed E-state index contributed by atoms with van der Waals surface area (Å²) in [6.07, 6.45) is -4.41. The Labute approximate surface area is 118 Å². The van der Waals surface area contributed by atoms with Gasteiger partial charge in [-0.05, 0) is 24.3 Å². The van der Waals surface area contributed by atoms with Gasteiger partial charge in [0.05, 0.1) is 18.7 Å². The van der Waals surface area contributed by atoms with Gasteiger partial charge in [-0.15, -0.1) is 0 Å². The van der Waals surface area contributed by atoms with Crippen molar-refractivity contribution in [2.24, 2.45) is 0 Å². The molecule has 0 aliphatic rings. The Kier molecular flexibility index (Phi) is 4.32. The zero-order chi connectivity index (χ0) is 15.5. The number of rotatable bonds is 5. The second-order valence-corrected chi connectivity index (χ2v) is 4.34. The van der Waals surface area contributed by atoms with Crippen LogP contribution in [0.2, 0.25) is 0 Å². The third kappa shape index (κ3) is 4.09. The lowest BCUT2D eigenvalue weighted by Gasteiger charge is -2.07. The zero-order valence-electron chi connectivity index (χ0n) is 10.8. The fourth-order valence-corrected chi connectivity index (χ4v) is 1.77. The van der Waals surface area contributed by atoms with E-state index in [4.69, 9.17) is 9.52 Å². The fourth-order valence-electron chi connectivity index (χ4n) is 1.77. The summed E-state index contributed by atoms with van der Waals surface area (Å²) in [4.78, 5) is 10.3. The molecule has 0 bridgehead atoms. The van der Waals surface area contributed by atoms with Gasteiger partial charge in [-0.3, -0.25) is 10.1 Å². The van der Waals surface area contributed by atoms with Crippen LogP contribution in [0.3, 0.4) is 0 Å². The Hall–Kier alpha value is -2.28. The van der Waals surface area contributed by atoms with Gasteiger partial charge in [-0.2, -0.15) is 13.2 Å². The molecule has 2 aromatic rings. The van der Waals surface area contributed by atoms with Crippen LogP contribution in [0, 0.1) is 0 Å². The molecule has 0 saturated carbocycles. The van der Waals surface area contributed by atoms with Crippen LogP contribution in [0.4, 0.5) is 13.2 Å². The van der Waals surface area contributed by atoms with Gasteiger partial charge >= 0.3 is 12.1 Å². The number of nitrogens with one attached hydrogen (secondary N) is 1. The van der Waals surface area contributed by atoms with E-state index < -0.39 is 17.7 Å². The van der Waals surface area contributed by atoms with E-state index in [0.29, 0.717) is 17.1 Å². The highest BCUT2D eigenvalue weighted by Gasteiger charge is 2.30. The largest absolute Gasteiger partial charge is 0.480 e. The first-order valence-corrected chi connectivity index (χ1v) is 6.05. The number of halogens is 3. The Bertz CT molecular complexity index is 634. The standard InChI is InChI=1S/C14H12F3NO3/c15-14(16,17)10-3-1-2-9(6-10)12-5-4-11(21-12)7-18-8-13(19)20/h1-6,18H,7-8H2,(H,19,20). The van der Waals surface area contributed by atoms with Crippen molar-refractivity contribution in [3.63, 3.8) is 0 Å². The Morgan fingerprint density at radius 3 is 2.67 bits per heavy atom. The van der Waals surface area contributed by atoms with Gasteiger partial charge in [-0.25, -0.2) is 0 Å². The summed E-state index contributed by atoms with van der Waals surface area (Å²) in [6, 6.07) is 7.96. The predicted octanol–water partition coefficient (Wildman–Crippen LogP) is 3.14. The van der Waals surface area contributed by atoms with Crippen molar-refractivity contribution in [1.29, 1.82) is 0 Å². The first-order valence-electron chi connectivity index (χ1n) is 6.05. The maximum absolute atomic E-state index is 12.6. The van der Waals surface area contributed by atoms with Crippen LogP contribution in [0.5, 0.6) is 0 Å². The number of alkyl halides is 3. The van der Waals surface area contributed by atoms with Gasteiger partial charge in [-0.1, -0.05) is 12.1 Å². The van der Waals surface area contributed by atoms with Gasteiger partial charge in [0.25, 0.3) is 0 Å². The average molecular weight is 299 g/mol. The number of hydrogen-bond donors (Lipinski definition) is 2. The second kappa shape index (κ2) is 6.01. The predicted molar refractivity (Wildman–Crippen MR) is 68.5 cm³/mol. The third-order valence-electron chi connectivity index (χ3n) is 2.71. The molecular weight excluding hydrogens is 287 g/mol. The van der Waals surface area contributed by atoms with Crippen molar-refractivity contribution < 1.29 is 27.5 Å². The summed E-state index contributed by atoms with van der Waals surface area (Å²) in [6.45, 7) is -0.0369. The molecule has 1 aromatic heterocycles. The summed E-state index contributed by atoms with van der Waals surface area (Å²) in [5.41, 5.74) is -0.434. The van der Waals surface area contributed by atoms with Gasteiger partial charge in [0.15, 0.2) is 0 Å². The number of carboxylic acid groups (broad SMARTS) is 1. The van der Waals surface area contributed by atoms with Gasteiger partial charge in [0.2, 0.25) is 0 Å². The maximum Gasteiger partial charge on any atom is 0.416 e. The molecule has 0 saturated heterocycles. The molecule has 2 rings (SSSR count). The number of furan rings is 1. The van der Waals surface area contributed by atoms with E-state index in [1.807, 2.05) is 0 Å². The lowest BCUT2D eigenvalue weighted by atomic mass is 10.1. The molecule has 21 heavy (non-hydrogen) atoms. The van der Waals surface area contributed by atoms with E-state index in [1.165, 1.54) is 12.1 Å². The number of hydrogen-bond acceptors (Lipinski definition) is 3. The first-order chi connectivity index (χ1) is 9.86. The highest BCUT2D eigenvalue weighted by molar-refractivity contribution is 5.69. The van der Waals surface area contributed by atoms with E-state index in [9.17, 15) is 18.0 Å². The van der Waals surface area contributed by atoms with Crippen molar-refractivity contribution in [3.8, 4) is 11.3 Å². The third-order valence-corrected chi connectivity index (χ3v) is 2.71. The Morgan fingerprint density at radius 1 is 1.24 bits per heavy atom. The minimum absolute atomic E-state index is 0.186. The summed E-state index contributed by atoms with van der Waals surface area (Å²) in [7, 11) is 0. The van der Waals surface area contributed by atoms with Gasteiger partial charge in [0, 0.05) is 5.56 Å². The lowest BCUT2D eigenvalue weighted by molar-refractivity contribution is -0.138. The molecule has 4 nitrogen and oxygen atoms in total. The second-order valence-electron chi connectivity index (χ2n) is 4.34. The molecule has 0 atom stereocenters. The fraction of sp³-hybridized carbons (Fsp3) is 0.214. The smallest absolute Gasteiger partial charge is 0.416 e. The minimum atomic E-state index is -4.41. The zero-order valence-corrected chi connectivity index (χ0v) is 10.8. The molecule has 0 aliphatic carbocycles. The molecule has 1 aromatic carbocycles. The number of carbonyl (C=O) groups is 1. The summed E-state index contributed by atoms with van der Waals surface area (Å²) in [5, 5.41) is 11.1. The van der Waals surface area contributed by atoms with Crippen LogP contribution in [0.1, 0.15) is 11.3 Å². The summed E-state index contributed by atoms with van der Waals surface area (Å²) >= 11 is 0. The van der Waals surface area contributed by atoms with E-state index in [2.05, 4.69) is 5.32 Å². The van der Waals surface area contributed by atoms with E-state index in [1.54, 1.807) is 12.1 Å². The number of aliphatic carboxylic acids is 1. The van der Waals surface area contributed by atoms with Crippen molar-refractivity contribution in [3.05, 3.63) is 47.7 Å². The molecule has 0 radical (unpaired) electrons. The first kappa shape index (κ1) is 15.1. The maximum atomic E-state index is 12.6. The number of benzene rings is 1. The van der Waals surface area contributed by atoms with Crippen molar-refractivity contribution in [2.45, 2.75) is 12.7 Å². The lowest BCUT2D eigenvalue weighted by Crippen LogP contribution is -2.21. The molecule has 0 aliphatic heterocycles. The Balaban J connectivity index is 2.12. The van der Waals surface area contributed by atoms with Gasteiger partial charge in [0.1, 0.15) is 11.5 Å². The summed E-state index contributed by atoms with van der Waals surface area (Å²) in [5.74, 6) is -0.253. The summed E-state index contributed by atoms with van der Waals surface area (Å²) < 4.78 is 43.3. The molecule has 0 unspecified atom stereocenters. The van der Waals surface area contributed by atoms with E-state index in [0.717, 1.165) is 12.1 Å². The molecular formula is C14H12F3NO3. The highest BCUT2D eigenvalue weighted by atomic mass is 19.4. The van der Waals surface area contributed by atoms with Gasteiger partial charge < -0.3 is 9.52 Å². The van der Waals surface area contributed by atoms with E-state index in [-0.39, 0.29) is 13.1 Å². The van der Waals surface area contributed by atoms with Crippen LogP contribution in [0.25, 0.3) is 11.3 Å². The monoisotopic (exact) mass is 299 g/mol. The molecule has 1 heterocycles. The molecule has 0 fully saturated rings. The van der Waals surface area contributed by atoms with Crippen molar-refractivity contribution in [1.82, 2.24) is 5.32 Å². The SMILES string of the molecule is O=C(O)CNCc1ccc(-c2cccc(C(F)(F)F)c2)o1. The minimum Gasteiger partial charge on any atom is -0.480 e. The Morgan fingerprint density at radius 2 is 2.00 bits per heavy atom. The molecule has 7 heteroatoms. The molecule has 112 valence electrons. The van der Waals surface area contributed by atoms with Crippen LogP contribution in [-0.4, -0.2) is 17.6 Å². The van der Waals surface area contributed by atoms with Crippen LogP contribution >= 0.6 is 0 Å². The number of carboxylic acids is 1. The van der Waals surface area contributed by atoms with Crippen LogP contribution < -0.4 is 5.32 Å². The average Bonchev–Trinajstić information content (AvgIpc) is 2.86. The highest BCUT2D eigenvalue weighted by Crippen LogP contribution is 2.32.